The van der Waals surface area contributed by atoms with Crippen LogP contribution >= 0.6 is 0 Å². The molecule has 3 atom stereocenters. The van der Waals surface area contributed by atoms with Gasteiger partial charge in [0.1, 0.15) is 13.8 Å². The van der Waals surface area contributed by atoms with Gasteiger partial charge in [-0.25, -0.2) is 4.58 Å². The normalized spacial score (nSPS) is 40.9. The van der Waals surface area contributed by atoms with Crippen molar-refractivity contribution in [3.05, 3.63) is 0 Å². The van der Waals surface area contributed by atoms with Crippen LogP contribution in [0.3, 0.4) is 0 Å². The fourth-order valence-electron chi connectivity index (χ4n) is 3.08. The van der Waals surface area contributed by atoms with E-state index in [0.29, 0.717) is 0 Å². The Hall–Kier alpha value is -0.330. The van der Waals surface area contributed by atoms with Gasteiger partial charge in [0.15, 0.2) is 6.04 Å². The van der Waals surface area contributed by atoms with E-state index in [-0.39, 0.29) is 0 Å². The average Bonchev–Trinajstić information content (AvgIpc) is 2.49. The first-order valence-corrected chi connectivity index (χ1v) is 5.30. The molecular formula is C11H20N+. The van der Waals surface area contributed by atoms with Gasteiger partial charge in [-0.05, 0) is 24.7 Å². The Balaban J connectivity index is 1.96. The van der Waals surface area contributed by atoms with E-state index in [1.54, 1.807) is 0 Å². The Kier molecular flexibility index (Phi) is 2.20. The highest BCUT2D eigenvalue weighted by atomic mass is 15.0. The van der Waals surface area contributed by atoms with Gasteiger partial charge in [-0.2, -0.15) is 0 Å². The Labute approximate surface area is 75.5 Å². The van der Waals surface area contributed by atoms with E-state index in [0.717, 1.165) is 17.9 Å². The summed E-state index contributed by atoms with van der Waals surface area (Å²) in [6.07, 6.45) is 8.77. The number of rotatable bonds is 1. The lowest BCUT2D eigenvalue weighted by Gasteiger charge is -2.28. The van der Waals surface area contributed by atoms with E-state index < -0.39 is 0 Å². The monoisotopic (exact) mass is 166 g/mol. The first-order valence-electron chi connectivity index (χ1n) is 5.30. The van der Waals surface area contributed by atoms with Crippen LogP contribution in [0.5, 0.6) is 0 Å². The van der Waals surface area contributed by atoms with Crippen LogP contribution in [0, 0.1) is 11.8 Å². The van der Waals surface area contributed by atoms with E-state index in [2.05, 4.69) is 18.3 Å². The van der Waals surface area contributed by atoms with Gasteiger partial charge in [0.05, 0.1) is 0 Å². The largest absolute Gasteiger partial charge is 0.242 e. The summed E-state index contributed by atoms with van der Waals surface area (Å²) in [4.78, 5) is 0. The number of hydrogen-bond acceptors (Lipinski definition) is 0. The highest BCUT2D eigenvalue weighted by Gasteiger charge is 2.36. The third-order valence-corrected chi connectivity index (χ3v) is 3.89. The second kappa shape index (κ2) is 3.20. The van der Waals surface area contributed by atoms with Crippen LogP contribution in [0.1, 0.15) is 38.5 Å². The molecule has 0 radical (unpaired) electrons. The smallest absolute Gasteiger partial charge is 0.152 e. The number of nitrogens with zero attached hydrogens (tertiary/aromatic N) is 1. The maximum atomic E-state index is 4.01. The zero-order chi connectivity index (χ0) is 8.55. The molecule has 3 unspecified atom stereocenters. The maximum Gasteiger partial charge on any atom is 0.152 e. The second-order valence-electron chi connectivity index (χ2n) is 4.67. The molecule has 2 saturated carbocycles. The van der Waals surface area contributed by atoms with Crippen LogP contribution in [0.25, 0.3) is 0 Å². The maximum absolute atomic E-state index is 4.01. The fourth-order valence-corrected chi connectivity index (χ4v) is 3.08. The van der Waals surface area contributed by atoms with Crippen molar-refractivity contribution in [3.63, 3.8) is 0 Å². The Bertz CT molecular complexity index is 185. The molecule has 2 rings (SSSR count). The molecular weight excluding hydrogens is 146 g/mol. The van der Waals surface area contributed by atoms with Crippen LogP contribution in [0.4, 0.5) is 0 Å². The van der Waals surface area contributed by atoms with Crippen molar-refractivity contribution in [2.24, 2.45) is 11.8 Å². The Morgan fingerprint density at radius 1 is 1.08 bits per heavy atom. The zero-order valence-electron chi connectivity index (χ0n) is 8.13. The van der Waals surface area contributed by atoms with Crippen LogP contribution in [-0.4, -0.2) is 24.4 Å². The summed E-state index contributed by atoms with van der Waals surface area (Å²) in [5.74, 6) is 2.13. The van der Waals surface area contributed by atoms with Gasteiger partial charge in [-0.1, -0.05) is 12.8 Å². The molecule has 0 N–H and O–H groups in total. The summed E-state index contributed by atoms with van der Waals surface area (Å²) < 4.78 is 2.18. The van der Waals surface area contributed by atoms with Crippen LogP contribution in [-0.2, 0) is 0 Å². The predicted molar refractivity (Wildman–Crippen MR) is 51.8 cm³/mol. The Morgan fingerprint density at radius 3 is 2.58 bits per heavy atom. The molecule has 1 nitrogen and oxygen atoms in total. The molecule has 0 spiro atoms. The third kappa shape index (κ3) is 1.41. The molecule has 0 aromatic heterocycles. The summed E-state index contributed by atoms with van der Waals surface area (Å²) in [7, 11) is 2.12. The molecule has 2 aliphatic carbocycles. The van der Waals surface area contributed by atoms with E-state index in [1.807, 2.05) is 0 Å². The molecule has 0 heterocycles. The lowest BCUT2D eigenvalue weighted by atomic mass is 9.79. The minimum Gasteiger partial charge on any atom is -0.242 e. The summed E-state index contributed by atoms with van der Waals surface area (Å²) in [5.41, 5.74) is 0. The van der Waals surface area contributed by atoms with Gasteiger partial charge in [0.2, 0.25) is 0 Å². The molecule has 0 saturated heterocycles. The van der Waals surface area contributed by atoms with Gasteiger partial charge in [-0.3, -0.25) is 0 Å². The molecule has 0 aromatic rings. The lowest BCUT2D eigenvalue weighted by Crippen LogP contribution is -2.31. The standard InChI is InChI=1S/C11H20N/c1-12(2)11-7-6-9-4-3-5-10(9)8-11/h9-11H,1,3-8H2,2H3/q+1. The van der Waals surface area contributed by atoms with E-state index >= 15 is 0 Å². The molecule has 2 fully saturated rings. The van der Waals surface area contributed by atoms with Crippen molar-refractivity contribution in [2.45, 2.75) is 44.6 Å². The minimum atomic E-state index is 0.782. The van der Waals surface area contributed by atoms with Crippen molar-refractivity contribution in [1.29, 1.82) is 0 Å². The van der Waals surface area contributed by atoms with Crippen molar-refractivity contribution in [1.82, 2.24) is 0 Å². The van der Waals surface area contributed by atoms with Crippen LogP contribution in [0.15, 0.2) is 0 Å². The van der Waals surface area contributed by atoms with Gasteiger partial charge in [0, 0.05) is 12.8 Å². The number of fused-ring (bicyclic) bond motifs is 1. The SMILES string of the molecule is C=[N+](C)C1CCC2CCCC2C1. The van der Waals surface area contributed by atoms with Crippen molar-refractivity contribution in [3.8, 4) is 0 Å². The average molecular weight is 166 g/mol. The van der Waals surface area contributed by atoms with Crippen molar-refractivity contribution < 1.29 is 4.58 Å². The molecule has 2 aliphatic rings. The zero-order valence-corrected chi connectivity index (χ0v) is 8.13. The van der Waals surface area contributed by atoms with E-state index in [4.69, 9.17) is 0 Å². The highest BCUT2D eigenvalue weighted by Crippen LogP contribution is 2.42. The van der Waals surface area contributed by atoms with Gasteiger partial charge in [-0.15, -0.1) is 0 Å². The third-order valence-electron chi connectivity index (χ3n) is 3.89. The minimum absolute atomic E-state index is 0.782. The molecule has 1 heteroatoms. The first-order chi connectivity index (χ1) is 5.77. The van der Waals surface area contributed by atoms with Crippen LogP contribution in [0.2, 0.25) is 0 Å². The Morgan fingerprint density at radius 2 is 1.83 bits per heavy atom. The molecule has 0 bridgehead atoms. The summed E-state index contributed by atoms with van der Waals surface area (Å²) in [5, 5.41) is 0. The van der Waals surface area contributed by atoms with Crippen molar-refractivity contribution >= 4 is 6.72 Å². The predicted octanol–water partition coefficient (Wildman–Crippen LogP) is 2.30. The van der Waals surface area contributed by atoms with Crippen molar-refractivity contribution in [2.75, 3.05) is 7.05 Å². The summed E-state index contributed by atoms with van der Waals surface area (Å²) >= 11 is 0. The summed E-state index contributed by atoms with van der Waals surface area (Å²) in [6.45, 7) is 4.01. The molecule has 68 valence electrons. The first kappa shape index (κ1) is 8.28. The van der Waals surface area contributed by atoms with Gasteiger partial charge in [0.25, 0.3) is 0 Å². The van der Waals surface area contributed by atoms with E-state index in [1.165, 1.54) is 38.5 Å². The topological polar surface area (TPSA) is 3.01 Å². The molecule has 12 heavy (non-hydrogen) atoms. The fraction of sp³-hybridized carbons (Fsp3) is 0.909. The second-order valence-corrected chi connectivity index (χ2v) is 4.67. The summed E-state index contributed by atoms with van der Waals surface area (Å²) in [6, 6.07) is 0.782. The van der Waals surface area contributed by atoms with E-state index in [9.17, 15) is 0 Å². The van der Waals surface area contributed by atoms with Gasteiger partial charge >= 0.3 is 0 Å². The lowest BCUT2D eigenvalue weighted by molar-refractivity contribution is -0.536. The quantitative estimate of drug-likeness (QED) is 0.415. The molecule has 0 aromatic carbocycles. The van der Waals surface area contributed by atoms with Crippen LogP contribution < -0.4 is 0 Å². The molecule has 0 amide bonds. The number of hydrogen-bond donors (Lipinski definition) is 0. The highest BCUT2D eigenvalue weighted by molar-refractivity contribution is 5.14. The molecule has 0 aliphatic heterocycles. The van der Waals surface area contributed by atoms with Gasteiger partial charge < -0.3 is 0 Å².